The summed E-state index contributed by atoms with van der Waals surface area (Å²) in [7, 11) is 0. The van der Waals surface area contributed by atoms with E-state index < -0.39 is 23.2 Å². The number of nitrogens with zero attached hydrogens (tertiary/aromatic N) is 10. The molecule has 716 valence electrons. The van der Waals surface area contributed by atoms with Gasteiger partial charge in [0.05, 0.1) is 40.3 Å². The third-order valence-electron chi connectivity index (χ3n) is 27.7. The molecule has 1 amide bonds. The zero-order valence-electron chi connectivity index (χ0n) is 81.6. The second-order valence-electron chi connectivity index (χ2n) is 40.7. The maximum absolute atomic E-state index is 13.3. The minimum Gasteiger partial charge on any atom is -0.367 e. The maximum atomic E-state index is 13.3. The van der Waals surface area contributed by atoms with Crippen molar-refractivity contribution in [1.29, 1.82) is 0 Å². The van der Waals surface area contributed by atoms with Gasteiger partial charge in [-0.05, 0) is 304 Å². The summed E-state index contributed by atoms with van der Waals surface area (Å²) in [5.41, 5.74) is 39.4. The Hall–Kier alpha value is -13.7. The van der Waals surface area contributed by atoms with Gasteiger partial charge in [-0.15, -0.1) is 0 Å². The topological polar surface area (TPSA) is 203 Å². The lowest BCUT2D eigenvalue weighted by atomic mass is 9.83. The number of nitrogens with two attached hydrogens (primary N) is 1. The van der Waals surface area contributed by atoms with E-state index in [1.165, 1.54) is 136 Å². The van der Waals surface area contributed by atoms with Gasteiger partial charge >= 0.3 is 12.4 Å². The van der Waals surface area contributed by atoms with E-state index in [-0.39, 0.29) is 27.9 Å². The highest BCUT2D eigenvalue weighted by atomic mass is 19.4. The molecule has 20 rings (SSSR count). The van der Waals surface area contributed by atoms with Crippen LogP contribution in [0.25, 0.3) is 56.0 Å². The number of amides is 1. The predicted molar refractivity (Wildman–Crippen MR) is 547 cm³/mol. The number of carbonyl (C=O) groups excluding carboxylic acids is 1. The summed E-state index contributed by atoms with van der Waals surface area (Å²) in [4.78, 5) is 23.3. The van der Waals surface area contributed by atoms with E-state index in [9.17, 15) is 31.1 Å². The Labute approximate surface area is 807 Å². The largest absolute Gasteiger partial charge is 0.397 e. The second-order valence-corrected chi connectivity index (χ2v) is 40.7. The molecule has 0 atom stereocenters. The normalized spacial score (nSPS) is 14.3. The summed E-state index contributed by atoms with van der Waals surface area (Å²) < 4.78 is 79.7. The molecular weight excluding hydrogens is 1740 g/mol. The van der Waals surface area contributed by atoms with Gasteiger partial charge in [0.2, 0.25) is 5.91 Å². The molecular formula is C115H128F6N16O. The number of aryl methyl sites for hydroxylation is 8. The Morgan fingerprint density at radius 1 is 0.312 bits per heavy atom. The van der Waals surface area contributed by atoms with Crippen molar-refractivity contribution in [3.8, 4) is 56.0 Å². The number of anilines is 5. The molecule has 0 fully saturated rings. The number of fused-ring (bicyclic) bond motifs is 5. The molecule has 23 heteroatoms. The van der Waals surface area contributed by atoms with Gasteiger partial charge in [0.1, 0.15) is 0 Å². The minimum absolute atomic E-state index is 0.206. The summed E-state index contributed by atoms with van der Waals surface area (Å²) >= 11 is 0. The zero-order chi connectivity index (χ0) is 97.4. The quantitative estimate of drug-likeness (QED) is 0.0446. The summed E-state index contributed by atoms with van der Waals surface area (Å²) in [5, 5.41) is 36.0. The lowest BCUT2D eigenvalue weighted by Crippen LogP contribution is -2.36. The van der Waals surface area contributed by atoms with Gasteiger partial charge in [-0.2, -0.15) is 51.8 Å². The zero-order valence-corrected chi connectivity index (χ0v) is 81.6. The molecule has 0 unspecified atom stereocenters. The van der Waals surface area contributed by atoms with Gasteiger partial charge < -0.3 is 30.2 Å². The van der Waals surface area contributed by atoms with Crippen LogP contribution in [0.2, 0.25) is 0 Å². The standard InChI is InChI=1S/C24H26F3N3.C24H29N3.C23H24F3N3.C23H27N3.C21H22N4O/c1-16-13-21(29-28-16)18-8-11-22-19(14-18)5-4-12-30(22)15-17-6-9-20(10-7-17)23(2,3)24(25,26)27;1-17-14-22(26-25-17)19-9-12-23-20(15-19)6-5-13-27(23)16-18-7-10-21(11-8-18)24(2,3)4;1-22(2,23(24,25)26)20-8-5-16(6-9-20)15-29-11-3-4-18-12-17(7-10-21(18)29)19-13-27-28-14-19;1-23(2,3)21-9-6-17(7-10-21)16-26-12-4-5-19-13-18(8-11-22(19)26)20-14-24-25-15-20;1-14-11-19(24-23-14)17-8-9-20-18(12-17)3-2-10-25(20)13-15-4-6-16(7-5-15)21(22)26/h6-11,13-14H,4-5,12,15H2,1-3H3,(H,28,29);7-12,14-15H,5-6,13,16H2,1-4H3,(H,25,26);5-10,12-14H,3-4,11,15H2,1-2H3,(H,27,28);6-11,13-15H,4-5,12,16H2,1-3H3,(H,24,25);4-9,11-12H,2-3,10,13H2,1H3,(H2,22,26)(H,23,24). The van der Waals surface area contributed by atoms with E-state index in [0.29, 0.717) is 18.7 Å². The molecule has 10 aromatic carbocycles. The Kier molecular flexibility index (Phi) is 29.1. The third-order valence-corrected chi connectivity index (χ3v) is 27.7. The van der Waals surface area contributed by atoms with Gasteiger partial charge in [-0.25, -0.2) is 0 Å². The highest BCUT2D eigenvalue weighted by Gasteiger charge is 2.49. The number of nitrogens with one attached hydrogen (secondary N) is 5. The molecule has 5 aromatic heterocycles. The number of primary amides is 1. The van der Waals surface area contributed by atoms with E-state index in [1.54, 1.807) is 36.4 Å². The van der Waals surface area contributed by atoms with Crippen LogP contribution in [-0.4, -0.2) is 102 Å². The predicted octanol–water partition coefficient (Wildman–Crippen LogP) is 26.4. The number of carbonyl (C=O) groups is 1. The molecule has 0 saturated heterocycles. The molecule has 7 N–H and O–H groups in total. The number of H-pyrrole nitrogens is 5. The second kappa shape index (κ2) is 41.3. The molecule has 138 heavy (non-hydrogen) atoms. The van der Waals surface area contributed by atoms with Crippen LogP contribution in [0.15, 0.2) is 255 Å². The number of alkyl halides is 6. The molecule has 17 nitrogen and oxygen atoms in total. The van der Waals surface area contributed by atoms with E-state index in [2.05, 4.69) is 269 Å². The van der Waals surface area contributed by atoms with E-state index in [1.807, 2.05) is 88.0 Å². The molecule has 10 heterocycles. The number of aromatic nitrogens is 10. The van der Waals surface area contributed by atoms with Crippen molar-refractivity contribution in [3.63, 3.8) is 0 Å². The SMILES string of the molecule is CC(C)(C)c1ccc(CN2CCCc3cc(-c4cn[nH]c4)ccc32)cc1.CC(C)(c1ccc(CN2CCCc3cc(-c4cn[nH]c4)ccc32)cc1)C(F)(F)F.Cc1cc(-c2ccc3c(c2)CCCN3Cc2ccc(C(C)(C)C(F)(F)F)cc2)n[nH]1.Cc1cc(-c2ccc3c(c2)CCCN3Cc2ccc(C(C)(C)C)cc2)n[nH]1.Cc1cc(-c2ccc3c(c2)CCCN3Cc2ccc(C(N)=O)cc2)n[nH]1. The fraction of sp³-hybridized carbons (Fsp3) is 0.339. The summed E-state index contributed by atoms with van der Waals surface area (Å²) in [6.45, 7) is 33.8. The number of aromatic amines is 5. The van der Waals surface area contributed by atoms with Crippen LogP contribution in [0.5, 0.6) is 0 Å². The van der Waals surface area contributed by atoms with Crippen LogP contribution in [0.4, 0.5) is 54.8 Å². The Balaban J connectivity index is 0.000000125. The molecule has 15 aromatic rings. The molecule has 0 spiro atoms. The van der Waals surface area contributed by atoms with Crippen LogP contribution < -0.4 is 30.2 Å². The van der Waals surface area contributed by atoms with E-state index >= 15 is 0 Å². The number of rotatable bonds is 18. The average molecular weight is 1860 g/mol. The first-order valence-corrected chi connectivity index (χ1v) is 48.3. The summed E-state index contributed by atoms with van der Waals surface area (Å²) in [6.07, 6.45) is 10.1. The van der Waals surface area contributed by atoms with Crippen molar-refractivity contribution >= 4 is 34.3 Å². The number of hydrogen-bond acceptors (Lipinski definition) is 11. The number of hydrogen-bond donors (Lipinski definition) is 6. The van der Waals surface area contributed by atoms with Gasteiger partial charge in [-0.1, -0.05) is 181 Å². The lowest BCUT2D eigenvalue weighted by molar-refractivity contribution is -0.180. The van der Waals surface area contributed by atoms with Gasteiger partial charge in [0, 0.05) is 157 Å². The highest BCUT2D eigenvalue weighted by molar-refractivity contribution is 5.92. The van der Waals surface area contributed by atoms with E-state index in [4.69, 9.17) is 5.73 Å². The fourth-order valence-electron chi connectivity index (χ4n) is 19.0. The van der Waals surface area contributed by atoms with Crippen LogP contribution in [0.1, 0.15) is 207 Å². The first-order valence-electron chi connectivity index (χ1n) is 48.3. The molecule has 0 radical (unpaired) electrons. The van der Waals surface area contributed by atoms with Crippen LogP contribution in [0, 0.1) is 20.8 Å². The summed E-state index contributed by atoms with van der Waals surface area (Å²) in [5.74, 6) is -0.388. The molecule has 0 aliphatic carbocycles. The van der Waals surface area contributed by atoms with Crippen molar-refractivity contribution < 1.29 is 31.1 Å². The monoisotopic (exact) mass is 1860 g/mol. The maximum Gasteiger partial charge on any atom is 0.397 e. The molecule has 0 saturated carbocycles. The lowest BCUT2D eigenvalue weighted by Gasteiger charge is -2.32. The highest BCUT2D eigenvalue weighted by Crippen LogP contribution is 2.45. The van der Waals surface area contributed by atoms with Crippen molar-refractivity contribution in [2.45, 2.75) is 221 Å². The summed E-state index contributed by atoms with van der Waals surface area (Å²) in [6, 6.07) is 78.8. The van der Waals surface area contributed by atoms with Crippen LogP contribution >= 0.6 is 0 Å². The van der Waals surface area contributed by atoms with E-state index in [0.717, 1.165) is 177 Å². The third kappa shape index (κ3) is 23.2. The van der Waals surface area contributed by atoms with Crippen molar-refractivity contribution in [2.75, 3.05) is 57.2 Å². The smallest absolute Gasteiger partial charge is 0.367 e. The molecule has 5 aliphatic heterocycles. The average Bonchev–Trinajstić information content (AvgIpc) is 1.15. The molecule has 0 bridgehead atoms. The van der Waals surface area contributed by atoms with Gasteiger partial charge in [0.25, 0.3) is 0 Å². The van der Waals surface area contributed by atoms with Gasteiger partial charge in [-0.3, -0.25) is 30.3 Å². The Morgan fingerprint density at radius 3 is 0.768 bits per heavy atom. The Bertz CT molecular complexity index is 6610. The number of benzene rings is 10. The van der Waals surface area contributed by atoms with Crippen LogP contribution in [0.3, 0.4) is 0 Å². The van der Waals surface area contributed by atoms with Crippen molar-refractivity contribution in [2.24, 2.45) is 5.73 Å². The van der Waals surface area contributed by atoms with Crippen molar-refractivity contribution in [1.82, 2.24) is 51.0 Å². The molecule has 5 aliphatic rings. The minimum atomic E-state index is -4.27. The first kappa shape index (κ1) is 97.4. The Morgan fingerprint density at radius 2 is 0.551 bits per heavy atom. The number of halogens is 6. The van der Waals surface area contributed by atoms with Gasteiger partial charge in [0.15, 0.2) is 0 Å². The van der Waals surface area contributed by atoms with Crippen molar-refractivity contribution in [3.05, 3.63) is 356 Å². The first-order chi connectivity index (χ1) is 65.9. The fourth-order valence-corrected chi connectivity index (χ4v) is 19.0. The van der Waals surface area contributed by atoms with Crippen LogP contribution in [-0.2, 0) is 86.5 Å².